The highest BCUT2D eigenvalue weighted by Gasteiger charge is 2.36. The van der Waals surface area contributed by atoms with Crippen LogP contribution in [0.3, 0.4) is 0 Å². The number of amides is 2. The minimum atomic E-state index is -0.340. The molecule has 2 aliphatic heterocycles. The van der Waals surface area contributed by atoms with Crippen molar-refractivity contribution in [1.82, 2.24) is 10.2 Å². The molecule has 7 heteroatoms. The normalized spacial score (nSPS) is 20.6. The van der Waals surface area contributed by atoms with Crippen molar-refractivity contribution in [3.63, 3.8) is 0 Å². The predicted octanol–water partition coefficient (Wildman–Crippen LogP) is 2.44. The second kappa shape index (κ2) is 9.03. The Labute approximate surface area is 173 Å². The zero-order chi connectivity index (χ0) is 21.0. The highest BCUT2D eigenvalue weighted by Crippen LogP contribution is 2.34. The van der Waals surface area contributed by atoms with Crippen LogP contribution in [0.25, 0.3) is 0 Å². The highest BCUT2D eigenvalue weighted by atomic mass is 16.5. The quantitative estimate of drug-likeness (QED) is 0.757. The van der Waals surface area contributed by atoms with E-state index in [9.17, 15) is 9.59 Å². The summed E-state index contributed by atoms with van der Waals surface area (Å²) in [6, 6.07) is 5.37. The van der Waals surface area contributed by atoms with E-state index in [2.05, 4.69) is 24.1 Å². The van der Waals surface area contributed by atoms with Crippen molar-refractivity contribution in [2.45, 2.75) is 45.1 Å². The number of carbonyl (C=O) groups is 2. The molecular formula is C22H33N3O4. The molecule has 2 amide bonds. The van der Waals surface area contributed by atoms with Crippen molar-refractivity contribution in [2.24, 2.45) is 5.92 Å². The number of ether oxygens (including phenoxy) is 2. The number of carbonyl (C=O) groups excluding carboxylic acids is 2. The standard InChI is InChI=1S/C22H33N3O4/c1-22(2,24-10-6-5-7-11-24)15-23-21(27)16-12-20(26)25(14-16)17-8-9-18(28-3)19(13-17)29-4/h8-9,13,16H,5-7,10-12,14-15H2,1-4H3,(H,23,27). The maximum atomic E-state index is 12.8. The summed E-state index contributed by atoms with van der Waals surface area (Å²) in [5, 5.41) is 3.09. The molecule has 1 N–H and O–H groups in total. The van der Waals surface area contributed by atoms with Gasteiger partial charge in [-0.2, -0.15) is 0 Å². The van der Waals surface area contributed by atoms with Crippen molar-refractivity contribution in [1.29, 1.82) is 0 Å². The van der Waals surface area contributed by atoms with Crippen LogP contribution in [-0.2, 0) is 9.59 Å². The van der Waals surface area contributed by atoms with Gasteiger partial charge in [0.25, 0.3) is 0 Å². The fourth-order valence-electron chi connectivity index (χ4n) is 4.18. The molecule has 1 atom stereocenters. The van der Waals surface area contributed by atoms with Gasteiger partial charge in [-0.1, -0.05) is 6.42 Å². The Morgan fingerprint density at radius 3 is 2.48 bits per heavy atom. The number of anilines is 1. The number of rotatable bonds is 7. The molecule has 29 heavy (non-hydrogen) atoms. The number of hydrogen-bond acceptors (Lipinski definition) is 5. The number of nitrogens with zero attached hydrogens (tertiary/aromatic N) is 2. The van der Waals surface area contributed by atoms with Crippen LogP contribution >= 0.6 is 0 Å². The molecule has 0 aromatic heterocycles. The average molecular weight is 404 g/mol. The van der Waals surface area contributed by atoms with E-state index in [0.717, 1.165) is 18.8 Å². The summed E-state index contributed by atoms with van der Waals surface area (Å²) in [6.45, 7) is 7.48. The second-order valence-electron chi connectivity index (χ2n) is 8.52. The van der Waals surface area contributed by atoms with E-state index >= 15 is 0 Å². The summed E-state index contributed by atoms with van der Waals surface area (Å²) in [7, 11) is 3.14. The molecule has 1 aromatic carbocycles. The van der Waals surface area contributed by atoms with Gasteiger partial charge in [-0.25, -0.2) is 0 Å². The average Bonchev–Trinajstić information content (AvgIpc) is 3.14. The van der Waals surface area contributed by atoms with Gasteiger partial charge in [0.2, 0.25) is 11.8 Å². The third-order valence-corrected chi connectivity index (χ3v) is 6.08. The van der Waals surface area contributed by atoms with E-state index in [1.54, 1.807) is 31.3 Å². The zero-order valence-electron chi connectivity index (χ0n) is 18.0. The largest absolute Gasteiger partial charge is 0.493 e. The van der Waals surface area contributed by atoms with Crippen LogP contribution in [0.15, 0.2) is 18.2 Å². The predicted molar refractivity (Wildman–Crippen MR) is 113 cm³/mol. The van der Waals surface area contributed by atoms with Gasteiger partial charge in [0.1, 0.15) is 0 Å². The lowest BCUT2D eigenvalue weighted by Crippen LogP contribution is -2.54. The fraction of sp³-hybridized carbons (Fsp3) is 0.636. The summed E-state index contributed by atoms with van der Waals surface area (Å²) in [6.07, 6.45) is 3.95. The van der Waals surface area contributed by atoms with Crippen molar-refractivity contribution in [3.8, 4) is 11.5 Å². The van der Waals surface area contributed by atoms with Crippen molar-refractivity contribution in [2.75, 3.05) is 45.3 Å². The molecule has 1 aromatic rings. The summed E-state index contributed by atoms with van der Waals surface area (Å²) >= 11 is 0. The van der Waals surface area contributed by atoms with Gasteiger partial charge in [-0.05, 0) is 51.9 Å². The van der Waals surface area contributed by atoms with E-state index in [1.165, 1.54) is 19.3 Å². The number of piperidine rings is 1. The molecule has 3 rings (SSSR count). The molecule has 2 fully saturated rings. The lowest BCUT2D eigenvalue weighted by molar-refractivity contribution is -0.126. The second-order valence-corrected chi connectivity index (χ2v) is 8.52. The first kappa shape index (κ1) is 21.4. The Morgan fingerprint density at radius 1 is 1.14 bits per heavy atom. The molecule has 7 nitrogen and oxygen atoms in total. The van der Waals surface area contributed by atoms with Gasteiger partial charge in [-0.15, -0.1) is 0 Å². The Hall–Kier alpha value is -2.28. The molecular weight excluding hydrogens is 370 g/mol. The molecule has 2 aliphatic rings. The van der Waals surface area contributed by atoms with Crippen LogP contribution in [0.4, 0.5) is 5.69 Å². The maximum absolute atomic E-state index is 12.8. The first-order valence-corrected chi connectivity index (χ1v) is 10.4. The fourth-order valence-corrected chi connectivity index (χ4v) is 4.18. The van der Waals surface area contributed by atoms with Crippen LogP contribution in [0, 0.1) is 5.92 Å². The van der Waals surface area contributed by atoms with Crippen molar-refractivity contribution >= 4 is 17.5 Å². The van der Waals surface area contributed by atoms with Gasteiger partial charge in [-0.3, -0.25) is 14.5 Å². The first-order chi connectivity index (χ1) is 13.9. The molecule has 0 spiro atoms. The lowest BCUT2D eigenvalue weighted by atomic mass is 9.98. The molecule has 160 valence electrons. The van der Waals surface area contributed by atoms with Gasteiger partial charge < -0.3 is 19.7 Å². The minimum absolute atomic E-state index is 0.0485. The maximum Gasteiger partial charge on any atom is 0.227 e. The molecule has 1 unspecified atom stereocenters. The number of hydrogen-bond donors (Lipinski definition) is 1. The molecule has 2 heterocycles. The Kier molecular flexibility index (Phi) is 6.67. The minimum Gasteiger partial charge on any atom is -0.493 e. The molecule has 0 radical (unpaired) electrons. The number of methoxy groups -OCH3 is 2. The highest BCUT2D eigenvalue weighted by molar-refractivity contribution is 6.00. The van der Waals surface area contributed by atoms with Gasteiger partial charge >= 0.3 is 0 Å². The molecule has 0 aliphatic carbocycles. The molecule has 0 saturated carbocycles. The number of benzene rings is 1. The van der Waals surface area contributed by atoms with Crippen LogP contribution in [0.5, 0.6) is 11.5 Å². The van der Waals surface area contributed by atoms with Crippen molar-refractivity contribution < 1.29 is 19.1 Å². The van der Waals surface area contributed by atoms with E-state index in [-0.39, 0.29) is 29.7 Å². The zero-order valence-corrected chi connectivity index (χ0v) is 18.0. The summed E-state index contributed by atoms with van der Waals surface area (Å²) in [5.74, 6) is 0.734. The smallest absolute Gasteiger partial charge is 0.227 e. The van der Waals surface area contributed by atoms with Crippen LogP contribution in [0.1, 0.15) is 39.5 Å². The third-order valence-electron chi connectivity index (χ3n) is 6.08. The van der Waals surface area contributed by atoms with E-state index in [1.807, 2.05) is 6.07 Å². The van der Waals surface area contributed by atoms with E-state index in [4.69, 9.17) is 9.47 Å². The summed E-state index contributed by atoms with van der Waals surface area (Å²) < 4.78 is 10.6. The van der Waals surface area contributed by atoms with Crippen molar-refractivity contribution in [3.05, 3.63) is 18.2 Å². The summed E-state index contributed by atoms with van der Waals surface area (Å²) in [5.41, 5.74) is 0.637. The Balaban J connectivity index is 1.60. The van der Waals surface area contributed by atoms with E-state index < -0.39 is 0 Å². The van der Waals surface area contributed by atoms with Crippen LogP contribution < -0.4 is 19.7 Å². The third kappa shape index (κ3) is 4.83. The van der Waals surface area contributed by atoms with Crippen LogP contribution in [-0.4, -0.2) is 62.7 Å². The SMILES string of the molecule is COc1ccc(N2CC(C(=O)NCC(C)(C)N3CCCCC3)CC2=O)cc1OC. The Morgan fingerprint density at radius 2 is 1.83 bits per heavy atom. The van der Waals surface area contributed by atoms with Gasteiger partial charge in [0.15, 0.2) is 11.5 Å². The van der Waals surface area contributed by atoms with Gasteiger partial charge in [0, 0.05) is 36.8 Å². The molecule has 2 saturated heterocycles. The Bertz CT molecular complexity index is 744. The lowest BCUT2D eigenvalue weighted by Gasteiger charge is -2.41. The van der Waals surface area contributed by atoms with Crippen LogP contribution in [0.2, 0.25) is 0 Å². The topological polar surface area (TPSA) is 71.1 Å². The van der Waals surface area contributed by atoms with Gasteiger partial charge in [0.05, 0.1) is 20.1 Å². The monoisotopic (exact) mass is 403 g/mol. The summed E-state index contributed by atoms with van der Waals surface area (Å²) in [4.78, 5) is 29.4. The number of nitrogens with one attached hydrogen (secondary N) is 1. The number of likely N-dealkylation sites (tertiary alicyclic amines) is 1. The first-order valence-electron chi connectivity index (χ1n) is 10.4. The van der Waals surface area contributed by atoms with E-state index in [0.29, 0.717) is 24.6 Å². The molecule has 0 bridgehead atoms.